The maximum atomic E-state index is 13.6. The molecule has 2 N–H and O–H groups in total. The van der Waals surface area contributed by atoms with Crippen molar-refractivity contribution in [2.45, 2.75) is 19.4 Å². The summed E-state index contributed by atoms with van der Waals surface area (Å²) in [6.07, 6.45) is 0.218. The maximum Gasteiger partial charge on any atom is 0.167 e. The van der Waals surface area contributed by atoms with Gasteiger partial charge in [-0.15, -0.1) is 0 Å². The molecule has 1 aliphatic heterocycles. The zero-order valence-electron chi connectivity index (χ0n) is 8.93. The van der Waals surface area contributed by atoms with Crippen LogP contribution in [0.4, 0.5) is 8.78 Å². The summed E-state index contributed by atoms with van der Waals surface area (Å²) in [4.78, 5) is 0. The zero-order valence-corrected chi connectivity index (χ0v) is 8.93. The van der Waals surface area contributed by atoms with Crippen molar-refractivity contribution >= 4 is 0 Å². The molecule has 1 heterocycles. The number of fused-ring (bicyclic) bond motifs is 1. The Kier molecular flexibility index (Phi) is 2.96. The molecule has 1 unspecified atom stereocenters. The normalized spacial score (nSPS) is 16.0. The molecule has 88 valence electrons. The minimum absolute atomic E-state index is 0.157. The molecular formula is C11H13F2NO2. The van der Waals surface area contributed by atoms with Crippen molar-refractivity contribution in [3.05, 3.63) is 23.3 Å². The molecule has 0 fully saturated rings. The first-order valence-corrected chi connectivity index (χ1v) is 5.11. The molecule has 1 aliphatic rings. The van der Waals surface area contributed by atoms with E-state index in [-0.39, 0.29) is 29.5 Å². The molecule has 5 heteroatoms. The predicted molar refractivity (Wildman–Crippen MR) is 54.7 cm³/mol. The van der Waals surface area contributed by atoms with Gasteiger partial charge in [-0.25, -0.2) is 8.78 Å². The van der Waals surface area contributed by atoms with Crippen LogP contribution in [0.1, 0.15) is 12.5 Å². The molecule has 1 atom stereocenters. The Hall–Kier alpha value is -1.36. The van der Waals surface area contributed by atoms with E-state index in [4.69, 9.17) is 15.2 Å². The Balaban J connectivity index is 2.50. The predicted octanol–water partition coefficient (Wildman–Crippen LogP) is 1.63. The lowest BCUT2D eigenvalue weighted by Crippen LogP contribution is -2.22. The summed E-state index contributed by atoms with van der Waals surface area (Å²) in [5.74, 6) is -1.30. The summed E-state index contributed by atoms with van der Waals surface area (Å²) in [6.45, 7) is 2.40. The summed E-state index contributed by atoms with van der Waals surface area (Å²) >= 11 is 0. The number of nitrogens with two attached hydrogens (primary N) is 1. The Morgan fingerprint density at radius 1 is 1.38 bits per heavy atom. The summed E-state index contributed by atoms with van der Waals surface area (Å²) in [7, 11) is 0. The van der Waals surface area contributed by atoms with E-state index in [1.54, 1.807) is 6.92 Å². The van der Waals surface area contributed by atoms with Gasteiger partial charge in [0.2, 0.25) is 0 Å². The van der Waals surface area contributed by atoms with E-state index in [1.807, 2.05) is 0 Å². The molecule has 1 aromatic carbocycles. The van der Waals surface area contributed by atoms with Gasteiger partial charge in [0.05, 0.1) is 0 Å². The van der Waals surface area contributed by atoms with Crippen LogP contribution in [0.25, 0.3) is 0 Å². The molecule has 0 bridgehead atoms. The van der Waals surface area contributed by atoms with E-state index in [2.05, 4.69) is 0 Å². The molecule has 0 saturated carbocycles. The van der Waals surface area contributed by atoms with Crippen LogP contribution in [-0.4, -0.2) is 19.3 Å². The van der Waals surface area contributed by atoms with Gasteiger partial charge in [-0.2, -0.15) is 0 Å². The third-order valence-electron chi connectivity index (χ3n) is 2.34. The number of hydrogen-bond acceptors (Lipinski definition) is 3. The summed E-state index contributed by atoms with van der Waals surface area (Å²) in [5, 5.41) is 0. The average Bonchev–Trinajstić information content (AvgIpc) is 2.24. The van der Waals surface area contributed by atoms with Gasteiger partial charge in [0.25, 0.3) is 0 Å². The number of benzene rings is 1. The molecule has 0 saturated heterocycles. The second kappa shape index (κ2) is 4.25. The second-order valence-electron chi connectivity index (χ2n) is 3.86. The van der Waals surface area contributed by atoms with Crippen molar-refractivity contribution in [1.82, 2.24) is 0 Å². The lowest BCUT2D eigenvalue weighted by Gasteiger charge is -2.22. The largest absolute Gasteiger partial charge is 0.486 e. The quantitative estimate of drug-likeness (QED) is 0.838. The highest BCUT2D eigenvalue weighted by molar-refractivity contribution is 5.49. The first-order chi connectivity index (χ1) is 7.59. The van der Waals surface area contributed by atoms with Crippen molar-refractivity contribution in [3.63, 3.8) is 0 Å². The van der Waals surface area contributed by atoms with Crippen LogP contribution in [0.3, 0.4) is 0 Å². The topological polar surface area (TPSA) is 44.5 Å². The van der Waals surface area contributed by atoms with Crippen LogP contribution in [0.2, 0.25) is 0 Å². The van der Waals surface area contributed by atoms with Crippen molar-refractivity contribution in [3.8, 4) is 11.5 Å². The molecule has 0 spiro atoms. The summed E-state index contributed by atoms with van der Waals surface area (Å²) in [5.41, 5.74) is 5.75. The lowest BCUT2D eigenvalue weighted by molar-refractivity contribution is 0.167. The molecule has 1 aromatic rings. The highest BCUT2D eigenvalue weighted by Crippen LogP contribution is 2.37. The Labute approximate surface area is 92.1 Å². The smallest absolute Gasteiger partial charge is 0.167 e. The molecule has 0 amide bonds. The van der Waals surface area contributed by atoms with Crippen LogP contribution in [-0.2, 0) is 6.42 Å². The molecule has 0 radical (unpaired) electrons. The molecule has 16 heavy (non-hydrogen) atoms. The highest BCUT2D eigenvalue weighted by atomic mass is 19.2. The zero-order chi connectivity index (χ0) is 11.7. The minimum atomic E-state index is -0.931. The van der Waals surface area contributed by atoms with Crippen LogP contribution in [0, 0.1) is 11.6 Å². The summed E-state index contributed by atoms with van der Waals surface area (Å²) in [6, 6.07) is 0.736. The van der Waals surface area contributed by atoms with Gasteiger partial charge in [-0.1, -0.05) is 0 Å². The van der Waals surface area contributed by atoms with E-state index in [0.29, 0.717) is 13.2 Å². The average molecular weight is 229 g/mol. The third-order valence-corrected chi connectivity index (χ3v) is 2.34. The molecule has 0 aliphatic carbocycles. The van der Waals surface area contributed by atoms with Gasteiger partial charge >= 0.3 is 0 Å². The van der Waals surface area contributed by atoms with Crippen molar-refractivity contribution in [2.24, 2.45) is 5.73 Å². The van der Waals surface area contributed by atoms with Crippen molar-refractivity contribution in [1.29, 1.82) is 0 Å². The fourth-order valence-corrected chi connectivity index (χ4v) is 1.70. The van der Waals surface area contributed by atoms with Gasteiger partial charge in [-0.3, -0.25) is 0 Å². The first kappa shape index (κ1) is 11.1. The Morgan fingerprint density at radius 3 is 2.75 bits per heavy atom. The van der Waals surface area contributed by atoms with Crippen LogP contribution in [0.15, 0.2) is 6.07 Å². The van der Waals surface area contributed by atoms with Crippen molar-refractivity contribution < 1.29 is 18.3 Å². The lowest BCUT2D eigenvalue weighted by atomic mass is 10.0. The number of halogens is 2. The number of hydrogen-bond donors (Lipinski definition) is 1. The fraction of sp³-hybridized carbons (Fsp3) is 0.455. The van der Waals surface area contributed by atoms with E-state index >= 15 is 0 Å². The minimum Gasteiger partial charge on any atom is -0.486 e. The van der Waals surface area contributed by atoms with E-state index in [0.717, 1.165) is 6.07 Å². The van der Waals surface area contributed by atoms with Crippen molar-refractivity contribution in [2.75, 3.05) is 13.2 Å². The third kappa shape index (κ3) is 1.95. The Morgan fingerprint density at radius 2 is 2.06 bits per heavy atom. The fourth-order valence-electron chi connectivity index (χ4n) is 1.70. The second-order valence-corrected chi connectivity index (χ2v) is 3.86. The van der Waals surface area contributed by atoms with E-state index in [9.17, 15) is 8.78 Å². The van der Waals surface area contributed by atoms with Crippen LogP contribution < -0.4 is 15.2 Å². The molecule has 0 aromatic heterocycles. The maximum absolute atomic E-state index is 13.6. The highest BCUT2D eigenvalue weighted by Gasteiger charge is 2.23. The van der Waals surface area contributed by atoms with E-state index in [1.165, 1.54) is 0 Å². The SMILES string of the molecule is CC(N)Cc1c(F)c(F)cc2c1OCCO2. The van der Waals surface area contributed by atoms with Gasteiger partial charge in [0.15, 0.2) is 23.1 Å². The standard InChI is InChI=1S/C11H13F2NO2/c1-6(14)4-7-10(13)8(12)5-9-11(7)16-3-2-15-9/h5-6H,2-4,14H2,1H3. The number of rotatable bonds is 2. The van der Waals surface area contributed by atoms with Crippen LogP contribution >= 0.6 is 0 Å². The summed E-state index contributed by atoms with van der Waals surface area (Å²) < 4.78 is 37.4. The van der Waals surface area contributed by atoms with Gasteiger partial charge in [-0.05, 0) is 13.3 Å². The monoisotopic (exact) mass is 229 g/mol. The Bertz CT molecular complexity index is 407. The van der Waals surface area contributed by atoms with Gasteiger partial charge in [0, 0.05) is 17.7 Å². The molecule has 3 nitrogen and oxygen atoms in total. The molecular weight excluding hydrogens is 216 g/mol. The number of ether oxygens (including phenoxy) is 2. The van der Waals surface area contributed by atoms with Gasteiger partial charge in [0.1, 0.15) is 13.2 Å². The van der Waals surface area contributed by atoms with Gasteiger partial charge < -0.3 is 15.2 Å². The first-order valence-electron chi connectivity index (χ1n) is 5.11. The molecule has 2 rings (SSSR count). The van der Waals surface area contributed by atoms with E-state index < -0.39 is 11.6 Å². The van der Waals surface area contributed by atoms with Crippen LogP contribution in [0.5, 0.6) is 11.5 Å².